The average molecular weight is 356 g/mol. The van der Waals surface area contributed by atoms with Crippen LogP contribution < -0.4 is 0 Å². The van der Waals surface area contributed by atoms with E-state index in [1.807, 2.05) is 24.1 Å². The van der Waals surface area contributed by atoms with Crippen molar-refractivity contribution >= 4 is 5.91 Å². The van der Waals surface area contributed by atoms with E-state index in [0.717, 1.165) is 25.1 Å². The van der Waals surface area contributed by atoms with Gasteiger partial charge in [-0.3, -0.25) is 14.5 Å². The average Bonchev–Trinajstić information content (AvgIpc) is 3.35. The van der Waals surface area contributed by atoms with Crippen molar-refractivity contribution in [3.63, 3.8) is 0 Å². The quantitative estimate of drug-likeness (QED) is 0.734. The van der Waals surface area contributed by atoms with Gasteiger partial charge >= 0.3 is 0 Å². The minimum atomic E-state index is -0.00344. The highest BCUT2D eigenvalue weighted by molar-refractivity contribution is 5.92. The van der Waals surface area contributed by atoms with Crippen LogP contribution in [0.25, 0.3) is 0 Å². The summed E-state index contributed by atoms with van der Waals surface area (Å²) in [6.07, 6.45) is 6.45. The van der Waals surface area contributed by atoms with Crippen LogP contribution in [0.15, 0.2) is 36.8 Å². The molecule has 1 amide bonds. The van der Waals surface area contributed by atoms with Gasteiger partial charge in [0.2, 0.25) is 0 Å². The summed E-state index contributed by atoms with van der Waals surface area (Å²) in [4.78, 5) is 18.5. The molecule has 0 unspecified atom stereocenters. The predicted molar refractivity (Wildman–Crippen MR) is 94.3 cm³/mol. The van der Waals surface area contributed by atoms with Crippen molar-refractivity contribution in [3.8, 4) is 0 Å². The zero-order valence-corrected chi connectivity index (χ0v) is 15.0. The number of carbonyl (C=O) groups excluding carboxylic acids is 1. The van der Waals surface area contributed by atoms with Gasteiger partial charge in [-0.1, -0.05) is 0 Å². The van der Waals surface area contributed by atoms with Crippen LogP contribution in [0.2, 0.25) is 0 Å². The Bertz CT molecular complexity index is 748. The van der Waals surface area contributed by atoms with Crippen molar-refractivity contribution < 1.29 is 14.3 Å². The molecule has 2 fully saturated rings. The molecule has 4 heterocycles. The molecular formula is C19H24N4O3. The Balaban J connectivity index is 1.26. The highest BCUT2D eigenvalue weighted by Crippen LogP contribution is 2.36. The summed E-state index contributed by atoms with van der Waals surface area (Å²) in [5.74, 6) is 0.836. The molecule has 7 heteroatoms. The van der Waals surface area contributed by atoms with Gasteiger partial charge < -0.3 is 14.4 Å². The Hall–Kier alpha value is -2.25. The molecule has 2 aliphatic rings. The fourth-order valence-corrected chi connectivity index (χ4v) is 3.86. The van der Waals surface area contributed by atoms with E-state index in [1.165, 1.54) is 0 Å². The van der Waals surface area contributed by atoms with Gasteiger partial charge in [0.05, 0.1) is 19.3 Å². The standard InChI is InChI=1S/C19H24N4O3/c1-22-8-4-17(21-22)19(24)23-10-16-15(13-26-18(16)11-23)5-9-25-12-14-2-6-20-7-3-14/h2-4,6-8,15-16,18H,5,9-13H2,1H3/t15-,16-,18-/m1/s1. The van der Waals surface area contributed by atoms with Crippen LogP contribution >= 0.6 is 0 Å². The van der Waals surface area contributed by atoms with E-state index in [9.17, 15) is 4.79 Å². The molecule has 2 aromatic heterocycles. The maximum Gasteiger partial charge on any atom is 0.274 e. The smallest absolute Gasteiger partial charge is 0.274 e. The third-order valence-electron chi connectivity index (χ3n) is 5.31. The van der Waals surface area contributed by atoms with Gasteiger partial charge in [-0.25, -0.2) is 0 Å². The summed E-state index contributed by atoms with van der Waals surface area (Å²) in [6.45, 7) is 3.48. The largest absolute Gasteiger partial charge is 0.377 e. The molecule has 0 spiro atoms. The van der Waals surface area contributed by atoms with Crippen LogP contribution in [-0.4, -0.2) is 58.0 Å². The molecular weight excluding hydrogens is 332 g/mol. The molecule has 2 aromatic rings. The second kappa shape index (κ2) is 7.55. The summed E-state index contributed by atoms with van der Waals surface area (Å²) in [5, 5.41) is 4.22. The van der Waals surface area contributed by atoms with Gasteiger partial charge in [0.1, 0.15) is 5.69 Å². The SMILES string of the molecule is Cn1ccc(C(=O)N2C[C@@H]3[C@H](CCOCc4ccncc4)CO[C@@H]3C2)n1. The lowest BCUT2D eigenvalue weighted by molar-refractivity contribution is 0.0643. The molecule has 0 aliphatic carbocycles. The maximum absolute atomic E-state index is 12.6. The number of carbonyl (C=O) groups is 1. The van der Waals surface area contributed by atoms with E-state index in [4.69, 9.17) is 9.47 Å². The lowest BCUT2D eigenvalue weighted by atomic mass is 9.91. The molecule has 4 rings (SSSR count). The molecule has 0 saturated carbocycles. The first-order chi connectivity index (χ1) is 12.7. The number of pyridine rings is 1. The summed E-state index contributed by atoms with van der Waals surface area (Å²) >= 11 is 0. The molecule has 3 atom stereocenters. The third kappa shape index (κ3) is 3.64. The Morgan fingerprint density at radius 3 is 2.92 bits per heavy atom. The topological polar surface area (TPSA) is 69.5 Å². The van der Waals surface area contributed by atoms with Crippen molar-refractivity contribution in [2.24, 2.45) is 18.9 Å². The summed E-state index contributed by atoms with van der Waals surface area (Å²) < 4.78 is 13.4. The van der Waals surface area contributed by atoms with E-state index < -0.39 is 0 Å². The number of aromatic nitrogens is 3. The van der Waals surface area contributed by atoms with E-state index in [1.54, 1.807) is 29.3 Å². The van der Waals surface area contributed by atoms with E-state index in [2.05, 4.69) is 10.1 Å². The first-order valence-electron chi connectivity index (χ1n) is 9.08. The zero-order chi connectivity index (χ0) is 17.9. The fourth-order valence-electron chi connectivity index (χ4n) is 3.86. The first-order valence-corrected chi connectivity index (χ1v) is 9.08. The van der Waals surface area contributed by atoms with Crippen LogP contribution in [-0.2, 0) is 23.1 Å². The molecule has 138 valence electrons. The van der Waals surface area contributed by atoms with Gasteiger partial charge in [-0.05, 0) is 36.1 Å². The van der Waals surface area contributed by atoms with E-state index in [0.29, 0.717) is 37.3 Å². The van der Waals surface area contributed by atoms with Gasteiger partial charge in [0, 0.05) is 51.3 Å². The van der Waals surface area contributed by atoms with Crippen molar-refractivity contribution in [2.45, 2.75) is 19.1 Å². The summed E-state index contributed by atoms with van der Waals surface area (Å²) in [6, 6.07) is 5.70. The monoisotopic (exact) mass is 356 g/mol. The number of nitrogens with zero attached hydrogens (tertiary/aromatic N) is 4. The molecule has 0 N–H and O–H groups in total. The molecule has 26 heavy (non-hydrogen) atoms. The van der Waals surface area contributed by atoms with Gasteiger partial charge in [-0.2, -0.15) is 5.10 Å². The highest BCUT2D eigenvalue weighted by Gasteiger charge is 2.45. The van der Waals surface area contributed by atoms with Gasteiger partial charge in [0.25, 0.3) is 5.91 Å². The zero-order valence-electron chi connectivity index (χ0n) is 15.0. The predicted octanol–water partition coefficient (Wildman–Crippen LogP) is 1.51. The Morgan fingerprint density at radius 1 is 1.31 bits per heavy atom. The number of amides is 1. The Kier molecular flexibility index (Phi) is 4.99. The van der Waals surface area contributed by atoms with Crippen LogP contribution in [0.3, 0.4) is 0 Å². The summed E-state index contributed by atoms with van der Waals surface area (Å²) in [5.41, 5.74) is 1.64. The second-order valence-corrected chi connectivity index (χ2v) is 7.08. The van der Waals surface area contributed by atoms with Crippen LogP contribution in [0.4, 0.5) is 0 Å². The Labute approximate surface area is 152 Å². The van der Waals surface area contributed by atoms with Crippen molar-refractivity contribution in [3.05, 3.63) is 48.0 Å². The van der Waals surface area contributed by atoms with Gasteiger partial charge in [0.15, 0.2) is 0 Å². The number of aryl methyl sites for hydroxylation is 1. The van der Waals surface area contributed by atoms with Gasteiger partial charge in [-0.15, -0.1) is 0 Å². The minimum absolute atomic E-state index is 0.00344. The molecule has 7 nitrogen and oxygen atoms in total. The number of likely N-dealkylation sites (tertiary alicyclic amines) is 1. The van der Waals surface area contributed by atoms with Crippen molar-refractivity contribution in [1.29, 1.82) is 0 Å². The summed E-state index contributed by atoms with van der Waals surface area (Å²) in [7, 11) is 1.82. The van der Waals surface area contributed by atoms with Crippen molar-refractivity contribution in [2.75, 3.05) is 26.3 Å². The number of fused-ring (bicyclic) bond motifs is 1. The maximum atomic E-state index is 12.6. The molecule has 0 radical (unpaired) electrons. The fraction of sp³-hybridized carbons (Fsp3) is 0.526. The second-order valence-electron chi connectivity index (χ2n) is 7.08. The number of ether oxygens (including phenoxy) is 2. The molecule has 0 bridgehead atoms. The highest BCUT2D eigenvalue weighted by atomic mass is 16.5. The lowest BCUT2D eigenvalue weighted by Crippen LogP contribution is -2.31. The molecule has 2 saturated heterocycles. The number of hydrogen-bond donors (Lipinski definition) is 0. The molecule has 0 aromatic carbocycles. The minimum Gasteiger partial charge on any atom is -0.377 e. The molecule has 2 aliphatic heterocycles. The van der Waals surface area contributed by atoms with E-state index >= 15 is 0 Å². The van der Waals surface area contributed by atoms with Crippen molar-refractivity contribution in [1.82, 2.24) is 19.7 Å². The number of hydrogen-bond acceptors (Lipinski definition) is 5. The third-order valence-corrected chi connectivity index (χ3v) is 5.31. The first kappa shape index (κ1) is 17.2. The lowest BCUT2D eigenvalue weighted by Gasteiger charge is -2.19. The van der Waals surface area contributed by atoms with E-state index in [-0.39, 0.29) is 12.0 Å². The Morgan fingerprint density at radius 2 is 2.15 bits per heavy atom. The number of rotatable bonds is 6. The van der Waals surface area contributed by atoms with Crippen LogP contribution in [0, 0.1) is 11.8 Å². The van der Waals surface area contributed by atoms with Crippen LogP contribution in [0.5, 0.6) is 0 Å². The van der Waals surface area contributed by atoms with Crippen LogP contribution in [0.1, 0.15) is 22.5 Å². The normalized spacial score (nSPS) is 24.8.